The Morgan fingerprint density at radius 3 is 2.41 bits per heavy atom. The van der Waals surface area contributed by atoms with E-state index in [9.17, 15) is 14.3 Å². The van der Waals surface area contributed by atoms with E-state index in [1.807, 2.05) is 45.0 Å². The molecule has 5 heteroatoms. The predicted molar refractivity (Wildman–Crippen MR) is 102 cm³/mol. The van der Waals surface area contributed by atoms with Gasteiger partial charge in [0.05, 0.1) is 18.6 Å². The number of aliphatic hydroxyl groups is 1. The Hall–Kier alpha value is -2.40. The molecule has 0 fully saturated rings. The second-order valence-corrected chi connectivity index (χ2v) is 7.42. The van der Waals surface area contributed by atoms with Crippen molar-refractivity contribution in [2.24, 2.45) is 5.92 Å². The minimum absolute atomic E-state index is 0.221. The van der Waals surface area contributed by atoms with Gasteiger partial charge in [-0.2, -0.15) is 0 Å². The molecule has 2 atom stereocenters. The van der Waals surface area contributed by atoms with Gasteiger partial charge in [0.2, 0.25) is 0 Å². The van der Waals surface area contributed by atoms with Crippen molar-refractivity contribution in [3.8, 4) is 5.75 Å². The summed E-state index contributed by atoms with van der Waals surface area (Å²) in [6.07, 6.45) is -0.824. The van der Waals surface area contributed by atoms with Crippen molar-refractivity contribution in [3.63, 3.8) is 0 Å². The number of hydrogen-bond acceptors (Lipinski definition) is 4. The number of rotatable bonds is 7. The van der Waals surface area contributed by atoms with Crippen LogP contribution in [0.25, 0.3) is 0 Å². The van der Waals surface area contributed by atoms with Gasteiger partial charge >= 0.3 is 5.97 Å². The lowest BCUT2D eigenvalue weighted by Crippen LogP contribution is -2.27. The second-order valence-electron chi connectivity index (χ2n) is 7.42. The molecule has 2 aromatic carbocycles. The summed E-state index contributed by atoms with van der Waals surface area (Å²) >= 11 is 0. The average molecular weight is 374 g/mol. The Bertz CT molecular complexity index is 750. The molecule has 0 aliphatic carbocycles. The molecular formula is C22H27FO4. The molecule has 27 heavy (non-hydrogen) atoms. The van der Waals surface area contributed by atoms with E-state index in [0.717, 1.165) is 5.56 Å². The van der Waals surface area contributed by atoms with Crippen LogP contribution in [-0.2, 0) is 16.0 Å². The zero-order chi connectivity index (χ0) is 20.0. The molecular weight excluding hydrogens is 347 g/mol. The van der Waals surface area contributed by atoms with Crippen LogP contribution in [0.2, 0.25) is 0 Å². The standard InChI is InChI=1S/C22H27FO4/c1-5-26-21(25)19(20(24)16-9-11-17(23)12-10-16)14-15-7-6-8-18(13-15)27-22(2,3)4/h6-13,19-20,24H,5,14H2,1-4H3. The first-order chi connectivity index (χ1) is 12.7. The topological polar surface area (TPSA) is 55.8 Å². The van der Waals surface area contributed by atoms with Crippen LogP contribution < -0.4 is 4.74 Å². The third kappa shape index (κ3) is 6.36. The van der Waals surface area contributed by atoms with Crippen LogP contribution in [0.15, 0.2) is 48.5 Å². The number of carbonyl (C=O) groups excluding carboxylic acids is 1. The van der Waals surface area contributed by atoms with Gasteiger partial charge in [-0.15, -0.1) is 0 Å². The van der Waals surface area contributed by atoms with Gasteiger partial charge in [0, 0.05) is 0 Å². The van der Waals surface area contributed by atoms with Crippen LogP contribution >= 0.6 is 0 Å². The van der Waals surface area contributed by atoms with Gasteiger partial charge in [0.25, 0.3) is 0 Å². The Morgan fingerprint density at radius 2 is 1.81 bits per heavy atom. The molecule has 0 aliphatic rings. The minimum atomic E-state index is -1.10. The highest BCUT2D eigenvalue weighted by Gasteiger charge is 2.30. The van der Waals surface area contributed by atoms with Crippen LogP contribution in [0.1, 0.15) is 44.9 Å². The Balaban J connectivity index is 2.25. The van der Waals surface area contributed by atoms with Crippen molar-refractivity contribution in [1.82, 2.24) is 0 Å². The predicted octanol–water partition coefficient (Wildman–Crippen LogP) is 4.46. The summed E-state index contributed by atoms with van der Waals surface area (Å²) in [6.45, 7) is 7.81. The summed E-state index contributed by atoms with van der Waals surface area (Å²) < 4.78 is 24.2. The molecule has 1 N–H and O–H groups in total. The third-order valence-electron chi connectivity index (χ3n) is 3.96. The van der Waals surface area contributed by atoms with E-state index >= 15 is 0 Å². The fourth-order valence-electron chi connectivity index (χ4n) is 2.81. The van der Waals surface area contributed by atoms with Gasteiger partial charge in [0.1, 0.15) is 17.2 Å². The molecule has 0 bridgehead atoms. The van der Waals surface area contributed by atoms with Gasteiger partial charge in [-0.1, -0.05) is 24.3 Å². The lowest BCUT2D eigenvalue weighted by Gasteiger charge is -2.24. The lowest BCUT2D eigenvalue weighted by molar-refractivity contribution is -0.152. The summed E-state index contributed by atoms with van der Waals surface area (Å²) in [4.78, 5) is 12.5. The molecule has 0 aromatic heterocycles. The Labute approximate surface area is 159 Å². The number of halogens is 1. The SMILES string of the molecule is CCOC(=O)C(Cc1cccc(OC(C)(C)C)c1)C(O)c1ccc(F)cc1. The van der Waals surface area contributed by atoms with Crippen molar-refractivity contribution in [2.75, 3.05) is 6.61 Å². The average Bonchev–Trinajstić information content (AvgIpc) is 2.59. The summed E-state index contributed by atoms with van der Waals surface area (Å²) in [5, 5.41) is 10.7. The molecule has 2 aromatic rings. The molecule has 2 unspecified atom stereocenters. The maximum atomic E-state index is 13.2. The quantitative estimate of drug-likeness (QED) is 0.727. The van der Waals surface area contributed by atoms with Crippen LogP contribution in [0.4, 0.5) is 4.39 Å². The summed E-state index contributed by atoms with van der Waals surface area (Å²) in [5.74, 6) is -0.999. The molecule has 0 saturated carbocycles. The first kappa shape index (κ1) is 20.9. The van der Waals surface area contributed by atoms with E-state index in [-0.39, 0.29) is 18.6 Å². The van der Waals surface area contributed by atoms with Crippen molar-refractivity contribution < 1.29 is 23.8 Å². The maximum Gasteiger partial charge on any atom is 0.312 e. The van der Waals surface area contributed by atoms with Gasteiger partial charge in [0.15, 0.2) is 0 Å². The minimum Gasteiger partial charge on any atom is -0.488 e. The zero-order valence-electron chi connectivity index (χ0n) is 16.2. The number of esters is 1. The Kier molecular flexibility index (Phi) is 6.97. The number of ether oxygens (including phenoxy) is 2. The summed E-state index contributed by atoms with van der Waals surface area (Å²) in [5.41, 5.74) is 0.972. The summed E-state index contributed by atoms with van der Waals surface area (Å²) in [7, 11) is 0. The first-order valence-electron chi connectivity index (χ1n) is 9.07. The normalized spacial score (nSPS) is 13.7. The summed E-state index contributed by atoms with van der Waals surface area (Å²) in [6, 6.07) is 12.9. The van der Waals surface area contributed by atoms with Gasteiger partial charge in [-0.05, 0) is 69.5 Å². The molecule has 146 valence electrons. The molecule has 0 heterocycles. The highest BCUT2D eigenvalue weighted by molar-refractivity contribution is 5.74. The van der Waals surface area contributed by atoms with E-state index in [1.165, 1.54) is 24.3 Å². The smallest absolute Gasteiger partial charge is 0.312 e. The molecule has 0 saturated heterocycles. The van der Waals surface area contributed by atoms with E-state index in [0.29, 0.717) is 11.3 Å². The first-order valence-corrected chi connectivity index (χ1v) is 9.07. The van der Waals surface area contributed by atoms with Gasteiger partial charge in [-0.3, -0.25) is 4.79 Å². The number of hydrogen-bond donors (Lipinski definition) is 1. The molecule has 0 spiro atoms. The monoisotopic (exact) mass is 374 g/mol. The fourth-order valence-corrected chi connectivity index (χ4v) is 2.81. The van der Waals surface area contributed by atoms with Crippen molar-refractivity contribution >= 4 is 5.97 Å². The molecule has 0 amide bonds. The van der Waals surface area contributed by atoms with E-state index in [4.69, 9.17) is 9.47 Å². The number of carbonyl (C=O) groups is 1. The second kappa shape index (κ2) is 9.00. The van der Waals surface area contributed by atoms with Crippen molar-refractivity contribution in [3.05, 3.63) is 65.5 Å². The van der Waals surface area contributed by atoms with Gasteiger partial charge in [-0.25, -0.2) is 4.39 Å². The third-order valence-corrected chi connectivity index (χ3v) is 3.96. The fraction of sp³-hybridized carbons (Fsp3) is 0.409. The highest BCUT2D eigenvalue weighted by Crippen LogP contribution is 2.28. The lowest BCUT2D eigenvalue weighted by atomic mass is 9.89. The van der Waals surface area contributed by atoms with E-state index < -0.39 is 23.8 Å². The van der Waals surface area contributed by atoms with Crippen LogP contribution in [-0.4, -0.2) is 23.3 Å². The maximum absolute atomic E-state index is 13.2. The van der Waals surface area contributed by atoms with E-state index in [1.54, 1.807) is 6.92 Å². The Morgan fingerprint density at radius 1 is 1.15 bits per heavy atom. The molecule has 0 aliphatic heterocycles. The number of aliphatic hydroxyl groups excluding tert-OH is 1. The zero-order valence-corrected chi connectivity index (χ0v) is 16.2. The van der Waals surface area contributed by atoms with Crippen LogP contribution in [0, 0.1) is 11.7 Å². The van der Waals surface area contributed by atoms with Crippen LogP contribution in [0.3, 0.4) is 0 Å². The van der Waals surface area contributed by atoms with E-state index in [2.05, 4.69) is 0 Å². The molecule has 4 nitrogen and oxygen atoms in total. The van der Waals surface area contributed by atoms with Crippen molar-refractivity contribution in [2.45, 2.75) is 45.8 Å². The van der Waals surface area contributed by atoms with Crippen LogP contribution in [0.5, 0.6) is 5.75 Å². The molecule has 2 rings (SSSR count). The number of benzene rings is 2. The highest BCUT2D eigenvalue weighted by atomic mass is 19.1. The van der Waals surface area contributed by atoms with Gasteiger partial charge < -0.3 is 14.6 Å². The largest absolute Gasteiger partial charge is 0.488 e. The molecule has 0 radical (unpaired) electrons. The van der Waals surface area contributed by atoms with Crippen molar-refractivity contribution in [1.29, 1.82) is 0 Å².